The van der Waals surface area contributed by atoms with E-state index >= 15 is 0 Å². The number of morpholine rings is 1. The van der Waals surface area contributed by atoms with Gasteiger partial charge >= 0.3 is 0 Å². The minimum atomic E-state index is -3.00. The van der Waals surface area contributed by atoms with Gasteiger partial charge in [0, 0.05) is 18.8 Å². The first kappa shape index (κ1) is 24.2. The van der Waals surface area contributed by atoms with E-state index in [1.807, 2.05) is 6.92 Å². The molecular formula is C19H32IN3O3S. The van der Waals surface area contributed by atoms with E-state index in [1.54, 1.807) is 6.92 Å². The number of ether oxygens (including phenoxy) is 1. The highest BCUT2D eigenvalue weighted by atomic mass is 127. The van der Waals surface area contributed by atoms with E-state index in [9.17, 15) is 8.42 Å². The number of hydrogen-bond donors (Lipinski definition) is 1. The molecule has 1 fully saturated rings. The molecule has 0 spiro atoms. The van der Waals surface area contributed by atoms with Crippen LogP contribution in [0.5, 0.6) is 0 Å². The minimum absolute atomic E-state index is 0. The first-order valence-electron chi connectivity index (χ1n) is 9.28. The minimum Gasteiger partial charge on any atom is -0.370 e. The van der Waals surface area contributed by atoms with Crippen molar-refractivity contribution in [3.63, 3.8) is 0 Å². The number of nitrogens with one attached hydrogen (secondary N) is 1. The van der Waals surface area contributed by atoms with E-state index in [2.05, 4.69) is 47.3 Å². The summed E-state index contributed by atoms with van der Waals surface area (Å²) in [6, 6.07) is 6.42. The van der Waals surface area contributed by atoms with E-state index in [1.165, 1.54) is 16.7 Å². The highest BCUT2D eigenvalue weighted by Crippen LogP contribution is 2.25. The molecule has 1 unspecified atom stereocenters. The fourth-order valence-electron chi connectivity index (χ4n) is 3.08. The summed E-state index contributed by atoms with van der Waals surface area (Å²) in [4.78, 5) is 6.69. The number of nitrogens with zero attached hydrogens (tertiary/aromatic N) is 2. The maximum atomic E-state index is 11.7. The second kappa shape index (κ2) is 11.2. The summed E-state index contributed by atoms with van der Waals surface area (Å²) in [7, 11) is -3.00. The second-order valence-electron chi connectivity index (χ2n) is 6.64. The van der Waals surface area contributed by atoms with Gasteiger partial charge in [-0.1, -0.05) is 30.7 Å². The van der Waals surface area contributed by atoms with Gasteiger partial charge in [0.1, 0.15) is 6.10 Å². The van der Waals surface area contributed by atoms with Crippen LogP contribution >= 0.6 is 24.0 Å². The second-order valence-corrected chi connectivity index (χ2v) is 9.11. The topological polar surface area (TPSA) is 71.0 Å². The number of sulfone groups is 1. The normalized spacial score (nSPS) is 18.1. The number of aryl methyl sites for hydroxylation is 2. The van der Waals surface area contributed by atoms with E-state index in [0.717, 1.165) is 19.0 Å². The summed E-state index contributed by atoms with van der Waals surface area (Å²) >= 11 is 0. The Morgan fingerprint density at radius 1 is 1.33 bits per heavy atom. The molecule has 1 N–H and O–H groups in total. The summed E-state index contributed by atoms with van der Waals surface area (Å²) in [6.07, 6.45) is -0.00687. The van der Waals surface area contributed by atoms with Crippen molar-refractivity contribution in [2.75, 3.05) is 44.3 Å². The lowest BCUT2D eigenvalue weighted by Crippen LogP contribution is -2.48. The van der Waals surface area contributed by atoms with E-state index in [-0.39, 0.29) is 48.1 Å². The molecule has 1 aliphatic rings. The Bertz CT molecular complexity index is 738. The smallest absolute Gasteiger partial charge is 0.194 e. The molecule has 1 heterocycles. The first-order valence-corrected chi connectivity index (χ1v) is 11.1. The van der Waals surface area contributed by atoms with Crippen molar-refractivity contribution in [1.82, 2.24) is 10.2 Å². The van der Waals surface area contributed by atoms with Crippen LogP contribution in [0.3, 0.4) is 0 Å². The van der Waals surface area contributed by atoms with Gasteiger partial charge in [-0.2, -0.15) is 0 Å². The Kier molecular flexibility index (Phi) is 10.0. The van der Waals surface area contributed by atoms with Crippen LogP contribution in [-0.2, 0) is 14.6 Å². The quantitative estimate of drug-likeness (QED) is 0.363. The highest BCUT2D eigenvalue weighted by molar-refractivity contribution is 14.0. The average molecular weight is 509 g/mol. The zero-order valence-electron chi connectivity index (χ0n) is 16.7. The van der Waals surface area contributed by atoms with Crippen LogP contribution in [0, 0.1) is 13.8 Å². The molecule has 2 rings (SSSR count). The van der Waals surface area contributed by atoms with Gasteiger partial charge in [0.2, 0.25) is 0 Å². The molecule has 1 aromatic carbocycles. The summed E-state index contributed by atoms with van der Waals surface area (Å²) in [5, 5.41) is 3.28. The van der Waals surface area contributed by atoms with Crippen molar-refractivity contribution in [3.05, 3.63) is 34.9 Å². The van der Waals surface area contributed by atoms with Crippen LogP contribution in [0.25, 0.3) is 0 Å². The molecule has 0 amide bonds. The van der Waals surface area contributed by atoms with Gasteiger partial charge in [-0.15, -0.1) is 24.0 Å². The number of halogens is 1. The van der Waals surface area contributed by atoms with Gasteiger partial charge in [0.05, 0.1) is 25.4 Å². The Labute approximate surface area is 180 Å². The molecule has 0 bridgehead atoms. The molecule has 1 aliphatic heterocycles. The molecule has 1 saturated heterocycles. The Morgan fingerprint density at radius 3 is 2.70 bits per heavy atom. The molecule has 0 aromatic heterocycles. The van der Waals surface area contributed by atoms with Gasteiger partial charge in [-0.3, -0.25) is 4.99 Å². The molecule has 0 saturated carbocycles. The van der Waals surface area contributed by atoms with Crippen molar-refractivity contribution < 1.29 is 13.2 Å². The zero-order valence-corrected chi connectivity index (χ0v) is 19.8. The van der Waals surface area contributed by atoms with Crippen LogP contribution in [-0.4, -0.2) is 63.6 Å². The van der Waals surface area contributed by atoms with Gasteiger partial charge in [0.15, 0.2) is 15.8 Å². The third-order valence-corrected chi connectivity index (χ3v) is 6.26. The van der Waals surface area contributed by atoms with Crippen molar-refractivity contribution in [3.8, 4) is 0 Å². The fraction of sp³-hybridized carbons (Fsp3) is 0.632. The van der Waals surface area contributed by atoms with E-state index in [0.29, 0.717) is 13.2 Å². The van der Waals surface area contributed by atoms with Gasteiger partial charge in [0.25, 0.3) is 0 Å². The largest absolute Gasteiger partial charge is 0.370 e. The third kappa shape index (κ3) is 7.23. The predicted molar refractivity (Wildman–Crippen MR) is 122 cm³/mol. The van der Waals surface area contributed by atoms with Crippen molar-refractivity contribution in [1.29, 1.82) is 0 Å². The summed E-state index contributed by atoms with van der Waals surface area (Å²) in [6.45, 7) is 11.0. The van der Waals surface area contributed by atoms with Gasteiger partial charge < -0.3 is 15.0 Å². The highest BCUT2D eigenvalue weighted by Gasteiger charge is 2.25. The third-order valence-electron chi connectivity index (χ3n) is 4.58. The lowest BCUT2D eigenvalue weighted by molar-refractivity contribution is -0.00832. The van der Waals surface area contributed by atoms with Crippen LogP contribution in [0.15, 0.2) is 23.2 Å². The monoisotopic (exact) mass is 509 g/mol. The molecule has 1 atom stereocenters. The SMILES string of the molecule is CCNC(=NCCS(=O)(=O)CC)N1CCOC(c2ccc(C)cc2C)C1.I. The Balaban J connectivity index is 0.00000364. The standard InChI is InChI=1S/C19H31N3O3S.HI/c1-5-20-19(21-9-12-26(23,24)6-2)22-10-11-25-18(14-22)17-8-7-15(3)13-16(17)4;/h7-8,13,18H,5-6,9-12,14H2,1-4H3,(H,20,21);1H. The predicted octanol–water partition coefficient (Wildman–Crippen LogP) is 2.69. The summed E-state index contributed by atoms with van der Waals surface area (Å²) < 4.78 is 29.4. The van der Waals surface area contributed by atoms with E-state index in [4.69, 9.17) is 4.74 Å². The maximum Gasteiger partial charge on any atom is 0.194 e. The van der Waals surface area contributed by atoms with Gasteiger partial charge in [-0.25, -0.2) is 8.42 Å². The number of benzene rings is 1. The van der Waals surface area contributed by atoms with Crippen molar-refractivity contribution >= 4 is 39.8 Å². The first-order chi connectivity index (χ1) is 12.4. The maximum absolute atomic E-state index is 11.7. The Morgan fingerprint density at radius 2 is 2.07 bits per heavy atom. The zero-order chi connectivity index (χ0) is 19.2. The fourth-order valence-corrected chi connectivity index (χ4v) is 3.74. The van der Waals surface area contributed by atoms with Crippen LogP contribution in [0.2, 0.25) is 0 Å². The van der Waals surface area contributed by atoms with Crippen LogP contribution < -0.4 is 5.32 Å². The lowest BCUT2D eigenvalue weighted by Gasteiger charge is -2.36. The molecule has 0 aliphatic carbocycles. The number of rotatable bonds is 6. The Hall–Kier alpha value is -0.870. The van der Waals surface area contributed by atoms with Crippen molar-refractivity contribution in [2.45, 2.75) is 33.8 Å². The number of aliphatic imine (C=N–C) groups is 1. The van der Waals surface area contributed by atoms with E-state index < -0.39 is 9.84 Å². The molecule has 0 radical (unpaired) electrons. The molecular weight excluding hydrogens is 477 g/mol. The molecule has 1 aromatic rings. The summed E-state index contributed by atoms with van der Waals surface area (Å²) in [5.74, 6) is 1.01. The molecule has 154 valence electrons. The molecule has 27 heavy (non-hydrogen) atoms. The van der Waals surface area contributed by atoms with Crippen LogP contribution in [0.4, 0.5) is 0 Å². The van der Waals surface area contributed by atoms with Crippen molar-refractivity contribution in [2.24, 2.45) is 4.99 Å². The number of guanidine groups is 1. The summed E-state index contributed by atoms with van der Waals surface area (Å²) in [5.41, 5.74) is 3.67. The molecule has 8 heteroatoms. The van der Waals surface area contributed by atoms with Crippen LogP contribution in [0.1, 0.15) is 36.6 Å². The van der Waals surface area contributed by atoms with Gasteiger partial charge in [-0.05, 0) is 31.9 Å². The number of hydrogen-bond acceptors (Lipinski definition) is 4. The molecule has 6 nitrogen and oxygen atoms in total. The average Bonchev–Trinajstić information content (AvgIpc) is 2.61. The lowest BCUT2D eigenvalue weighted by atomic mass is 10.00.